The summed E-state index contributed by atoms with van der Waals surface area (Å²) in [5.74, 6) is 1.11. The predicted molar refractivity (Wildman–Crippen MR) is 115 cm³/mol. The van der Waals surface area contributed by atoms with Crippen molar-refractivity contribution in [3.05, 3.63) is 39.4 Å². The highest BCUT2D eigenvalue weighted by Gasteiger charge is 2.18. The topological polar surface area (TPSA) is 111 Å². The molecule has 2 heterocycles. The van der Waals surface area contributed by atoms with Gasteiger partial charge in [0.1, 0.15) is 22.2 Å². The van der Waals surface area contributed by atoms with Gasteiger partial charge in [-0.2, -0.15) is 0 Å². The molecule has 0 spiro atoms. The van der Waals surface area contributed by atoms with Gasteiger partial charge in [-0.25, -0.2) is 4.79 Å². The Balaban J connectivity index is 1.87. The predicted octanol–water partition coefficient (Wildman–Crippen LogP) is 4.39. The number of halogens is 1. The lowest BCUT2D eigenvalue weighted by atomic mass is 10.2. The van der Waals surface area contributed by atoms with Gasteiger partial charge >= 0.3 is 5.97 Å². The molecule has 0 aliphatic rings. The Bertz CT molecular complexity index is 1070. The fourth-order valence-corrected chi connectivity index (χ4v) is 3.72. The maximum atomic E-state index is 11.7. The first-order valence-electron chi connectivity index (χ1n) is 8.47. The van der Waals surface area contributed by atoms with E-state index in [-0.39, 0.29) is 16.0 Å². The van der Waals surface area contributed by atoms with Crippen molar-refractivity contribution < 1.29 is 28.2 Å². The van der Waals surface area contributed by atoms with Crippen LogP contribution in [0.3, 0.4) is 0 Å². The van der Waals surface area contributed by atoms with Gasteiger partial charge in [0.05, 0.1) is 18.7 Å². The summed E-state index contributed by atoms with van der Waals surface area (Å²) in [6.45, 7) is 0. The minimum absolute atomic E-state index is 0.0417. The van der Waals surface area contributed by atoms with Gasteiger partial charge in [0, 0.05) is 37.9 Å². The second-order valence-corrected chi connectivity index (χ2v) is 7.93. The zero-order chi connectivity index (χ0) is 21.8. The lowest BCUT2D eigenvalue weighted by Gasteiger charge is -2.07. The molecule has 30 heavy (non-hydrogen) atoms. The number of benzene rings is 1. The Morgan fingerprint density at radius 2 is 1.80 bits per heavy atom. The van der Waals surface area contributed by atoms with E-state index in [0.717, 1.165) is 11.8 Å². The van der Waals surface area contributed by atoms with Gasteiger partial charge in [0.25, 0.3) is 5.22 Å². The Labute approximate surface area is 184 Å². The number of rotatable bonds is 8. The van der Waals surface area contributed by atoms with Crippen molar-refractivity contribution in [2.45, 2.75) is 5.22 Å². The number of nitrogens with zero attached hydrogens (tertiary/aromatic N) is 3. The molecule has 1 aromatic carbocycles. The van der Waals surface area contributed by atoms with Crippen molar-refractivity contribution >= 4 is 45.6 Å². The Kier molecular flexibility index (Phi) is 6.73. The van der Waals surface area contributed by atoms with E-state index in [4.69, 9.17) is 18.3 Å². The van der Waals surface area contributed by atoms with E-state index in [9.17, 15) is 9.90 Å². The van der Waals surface area contributed by atoms with E-state index in [0.29, 0.717) is 33.2 Å². The van der Waals surface area contributed by atoms with Gasteiger partial charge < -0.3 is 28.3 Å². The number of carbonyl (C=O) groups is 1. The van der Waals surface area contributed by atoms with Crippen LogP contribution in [-0.2, 0) is 4.79 Å². The number of carboxylic acid groups (broad SMARTS) is 1. The molecule has 11 heteroatoms. The lowest BCUT2D eigenvalue weighted by Crippen LogP contribution is -2.07. The van der Waals surface area contributed by atoms with Crippen LogP contribution in [0, 0.1) is 0 Å². The van der Waals surface area contributed by atoms with Crippen molar-refractivity contribution in [2.24, 2.45) is 0 Å². The molecule has 0 saturated carbocycles. The number of hydrogen-bond donors (Lipinski definition) is 1. The average molecular weight is 496 g/mol. The van der Waals surface area contributed by atoms with Crippen LogP contribution in [0.4, 0.5) is 5.88 Å². The number of aromatic nitrogens is 2. The van der Waals surface area contributed by atoms with Gasteiger partial charge in [-0.1, -0.05) is 0 Å². The third-order valence-corrected chi connectivity index (χ3v) is 5.20. The van der Waals surface area contributed by atoms with Crippen LogP contribution in [0.25, 0.3) is 17.5 Å². The number of ether oxygens (including phenoxy) is 2. The summed E-state index contributed by atoms with van der Waals surface area (Å²) in [7, 11) is 6.70. The Hall–Kier alpha value is -2.92. The van der Waals surface area contributed by atoms with Gasteiger partial charge in [-0.3, -0.25) is 0 Å². The molecule has 0 atom stereocenters. The number of methoxy groups -OCH3 is 2. The van der Waals surface area contributed by atoms with Crippen molar-refractivity contribution in [3.8, 4) is 23.0 Å². The van der Waals surface area contributed by atoms with Gasteiger partial charge in [0.15, 0.2) is 0 Å². The maximum Gasteiger partial charge on any atom is 0.342 e. The first-order chi connectivity index (χ1) is 14.3. The molecule has 0 saturated heterocycles. The highest BCUT2D eigenvalue weighted by molar-refractivity contribution is 9.10. The number of carboxylic acids is 1. The van der Waals surface area contributed by atoms with E-state index >= 15 is 0 Å². The molecule has 1 N–H and O–H groups in total. The molecular formula is C19H18BrN3O6S. The van der Waals surface area contributed by atoms with Crippen molar-refractivity contribution in [1.29, 1.82) is 0 Å². The van der Waals surface area contributed by atoms with Crippen LogP contribution < -0.4 is 14.4 Å². The summed E-state index contributed by atoms with van der Waals surface area (Å²) in [5, 5.41) is 17.6. The third kappa shape index (κ3) is 4.97. The van der Waals surface area contributed by atoms with Crippen molar-refractivity contribution in [2.75, 3.05) is 33.2 Å². The molecule has 0 bridgehead atoms. The molecular weight excluding hydrogens is 478 g/mol. The van der Waals surface area contributed by atoms with Crippen LogP contribution in [0.1, 0.15) is 5.76 Å². The molecule has 0 amide bonds. The highest BCUT2D eigenvalue weighted by atomic mass is 79.9. The van der Waals surface area contributed by atoms with Crippen LogP contribution in [0.5, 0.6) is 11.5 Å². The van der Waals surface area contributed by atoms with Crippen LogP contribution in [0.15, 0.2) is 47.7 Å². The quantitative estimate of drug-likeness (QED) is 0.356. The molecule has 2 aromatic heterocycles. The van der Waals surface area contributed by atoms with Gasteiger partial charge in [-0.15, -0.1) is 10.2 Å². The largest absolute Gasteiger partial charge is 0.497 e. The summed E-state index contributed by atoms with van der Waals surface area (Å²) in [5.41, 5.74) is 0.581. The fourth-order valence-electron chi connectivity index (χ4n) is 2.41. The van der Waals surface area contributed by atoms with Crippen LogP contribution in [-0.4, -0.2) is 49.6 Å². The number of aliphatic carboxylic acids is 1. The fraction of sp³-hybridized carbons (Fsp3) is 0.211. The van der Waals surface area contributed by atoms with E-state index in [2.05, 4.69) is 26.1 Å². The maximum absolute atomic E-state index is 11.7. The van der Waals surface area contributed by atoms with E-state index < -0.39 is 5.97 Å². The first-order valence-corrected chi connectivity index (χ1v) is 10.1. The highest BCUT2D eigenvalue weighted by Crippen LogP contribution is 2.35. The van der Waals surface area contributed by atoms with Crippen LogP contribution in [0.2, 0.25) is 0 Å². The Morgan fingerprint density at radius 1 is 1.13 bits per heavy atom. The molecule has 0 aliphatic carbocycles. The summed E-state index contributed by atoms with van der Waals surface area (Å²) < 4.78 is 22.5. The number of furan rings is 1. The summed E-state index contributed by atoms with van der Waals surface area (Å²) in [4.78, 5) is 13.4. The minimum atomic E-state index is -1.15. The second kappa shape index (κ2) is 9.26. The van der Waals surface area contributed by atoms with E-state index in [1.54, 1.807) is 29.2 Å². The summed E-state index contributed by atoms with van der Waals surface area (Å²) >= 11 is 4.20. The Morgan fingerprint density at radius 3 is 2.33 bits per heavy atom. The number of anilines is 1. The molecule has 3 rings (SSSR count). The second-order valence-electron chi connectivity index (χ2n) is 6.09. The normalized spacial score (nSPS) is 11.4. The molecule has 0 aliphatic heterocycles. The molecule has 158 valence electrons. The third-order valence-electron chi connectivity index (χ3n) is 3.78. The monoisotopic (exact) mass is 495 g/mol. The summed E-state index contributed by atoms with van der Waals surface area (Å²) in [6.07, 6.45) is 1.39. The van der Waals surface area contributed by atoms with E-state index in [1.807, 2.05) is 14.1 Å². The van der Waals surface area contributed by atoms with Gasteiger partial charge in [0.2, 0.25) is 11.8 Å². The lowest BCUT2D eigenvalue weighted by molar-refractivity contribution is -0.131. The standard InChI is InChI=1S/C19H18BrN3O6S/c1-23(2)17-14(20)8-13(28-17)9-15(18(24)25)30-19-22-21-16(29-19)10-5-11(26-3)7-12(6-10)27-4/h5-9H,1-4H3,(H,24,25)/b15-9-. The van der Waals surface area contributed by atoms with Crippen molar-refractivity contribution in [1.82, 2.24) is 10.2 Å². The van der Waals surface area contributed by atoms with E-state index in [1.165, 1.54) is 20.3 Å². The number of hydrogen-bond acceptors (Lipinski definition) is 9. The molecule has 0 radical (unpaired) electrons. The smallest absolute Gasteiger partial charge is 0.342 e. The number of thioether (sulfide) groups is 1. The zero-order valence-electron chi connectivity index (χ0n) is 16.5. The van der Waals surface area contributed by atoms with Crippen molar-refractivity contribution in [3.63, 3.8) is 0 Å². The first kappa shape index (κ1) is 21.8. The average Bonchev–Trinajstić information content (AvgIpc) is 3.33. The summed E-state index contributed by atoms with van der Waals surface area (Å²) in [6, 6.07) is 6.81. The zero-order valence-corrected chi connectivity index (χ0v) is 18.9. The minimum Gasteiger partial charge on any atom is -0.497 e. The molecule has 3 aromatic rings. The molecule has 0 unspecified atom stereocenters. The SMILES string of the molecule is COc1cc(OC)cc(-c2nnc(S/C(=C\c3cc(Br)c(N(C)C)o3)C(=O)O)o2)c1. The van der Waals surface area contributed by atoms with Gasteiger partial charge in [-0.05, 0) is 39.8 Å². The molecule has 9 nitrogen and oxygen atoms in total. The van der Waals surface area contributed by atoms with Crippen LogP contribution >= 0.6 is 27.7 Å². The molecule has 0 fully saturated rings.